The van der Waals surface area contributed by atoms with Crippen LogP contribution in [0, 0.1) is 0 Å². The van der Waals surface area contributed by atoms with E-state index in [9.17, 15) is 4.79 Å². The zero-order valence-corrected chi connectivity index (χ0v) is 12.0. The van der Waals surface area contributed by atoms with E-state index in [1.54, 1.807) is 20.1 Å². The summed E-state index contributed by atoms with van der Waals surface area (Å²) in [5.41, 5.74) is 0.763. The third-order valence-corrected chi connectivity index (χ3v) is 2.98. The van der Waals surface area contributed by atoms with Crippen LogP contribution in [-0.4, -0.2) is 34.9 Å². The fourth-order valence-corrected chi connectivity index (χ4v) is 2.03. The van der Waals surface area contributed by atoms with Crippen molar-refractivity contribution in [3.63, 3.8) is 0 Å². The van der Waals surface area contributed by atoms with Gasteiger partial charge in [0.15, 0.2) is 5.82 Å². The predicted molar refractivity (Wildman–Crippen MR) is 72.0 cm³/mol. The third kappa shape index (κ3) is 2.93. The average Bonchev–Trinajstić information content (AvgIpc) is 2.88. The summed E-state index contributed by atoms with van der Waals surface area (Å²) in [5, 5.41) is 6.54. The number of H-pyrrole nitrogens is 1. The molecule has 0 saturated carbocycles. The van der Waals surface area contributed by atoms with Gasteiger partial charge in [0.05, 0.1) is 18.2 Å². The minimum atomic E-state index is -0.520. The highest BCUT2D eigenvalue weighted by Crippen LogP contribution is 2.29. The van der Waals surface area contributed by atoms with Gasteiger partial charge >= 0.3 is 5.97 Å². The van der Waals surface area contributed by atoms with E-state index in [1.165, 1.54) is 0 Å². The Labute approximate surface area is 118 Å². The average molecular weight is 326 g/mol. The number of carbonyl (C=O) groups excluding carboxylic acids is 1. The molecule has 1 heterocycles. The van der Waals surface area contributed by atoms with Crippen molar-refractivity contribution >= 4 is 21.9 Å². The molecule has 6 nitrogen and oxygen atoms in total. The van der Waals surface area contributed by atoms with Crippen LogP contribution in [0.1, 0.15) is 17.5 Å². The van der Waals surface area contributed by atoms with Crippen LogP contribution in [-0.2, 0) is 4.74 Å². The zero-order valence-electron chi connectivity index (χ0n) is 10.4. The Hall–Kier alpha value is -1.89. The van der Waals surface area contributed by atoms with E-state index < -0.39 is 5.97 Å². The van der Waals surface area contributed by atoms with Crippen LogP contribution in [0.3, 0.4) is 0 Å². The van der Waals surface area contributed by atoms with E-state index in [-0.39, 0.29) is 5.82 Å². The van der Waals surface area contributed by atoms with Crippen molar-refractivity contribution < 1.29 is 14.3 Å². The van der Waals surface area contributed by atoms with Crippen molar-refractivity contribution in [2.24, 2.45) is 0 Å². The van der Waals surface area contributed by atoms with Gasteiger partial charge in [0.25, 0.3) is 0 Å². The second kappa shape index (κ2) is 5.83. The fourth-order valence-electron chi connectivity index (χ4n) is 1.49. The van der Waals surface area contributed by atoms with Crippen molar-refractivity contribution in [3.05, 3.63) is 28.5 Å². The number of carbonyl (C=O) groups is 1. The molecule has 0 atom stereocenters. The highest BCUT2D eigenvalue weighted by atomic mass is 79.9. The van der Waals surface area contributed by atoms with E-state index in [0.29, 0.717) is 18.2 Å². The van der Waals surface area contributed by atoms with Gasteiger partial charge in [-0.3, -0.25) is 5.10 Å². The summed E-state index contributed by atoms with van der Waals surface area (Å²) in [5.74, 6) is 0.703. The summed E-state index contributed by atoms with van der Waals surface area (Å²) in [6.07, 6.45) is 0. The summed E-state index contributed by atoms with van der Waals surface area (Å²) in [6.45, 7) is 2.03. The van der Waals surface area contributed by atoms with Gasteiger partial charge in [-0.05, 0) is 41.1 Å². The van der Waals surface area contributed by atoms with Crippen LogP contribution in [0.15, 0.2) is 22.7 Å². The number of ether oxygens (including phenoxy) is 2. The van der Waals surface area contributed by atoms with Crippen molar-refractivity contribution in [2.45, 2.75) is 6.92 Å². The van der Waals surface area contributed by atoms with E-state index >= 15 is 0 Å². The molecule has 0 aliphatic rings. The lowest BCUT2D eigenvalue weighted by Gasteiger charge is -2.03. The second-order valence-electron chi connectivity index (χ2n) is 3.58. The number of esters is 1. The molecule has 0 aliphatic heterocycles. The summed E-state index contributed by atoms with van der Waals surface area (Å²) >= 11 is 3.38. The minimum absolute atomic E-state index is 0.0868. The maximum absolute atomic E-state index is 11.5. The molecule has 1 N–H and O–H groups in total. The molecule has 0 amide bonds. The molecule has 0 unspecified atom stereocenters. The molecule has 2 rings (SSSR count). The first-order chi connectivity index (χ1) is 9.15. The van der Waals surface area contributed by atoms with Gasteiger partial charge in [0.2, 0.25) is 5.82 Å². The van der Waals surface area contributed by atoms with Crippen LogP contribution in [0.2, 0.25) is 0 Å². The molecule has 0 saturated heterocycles. The molecular weight excluding hydrogens is 314 g/mol. The van der Waals surface area contributed by atoms with Crippen molar-refractivity contribution in [2.75, 3.05) is 13.7 Å². The number of rotatable bonds is 4. The molecule has 0 radical (unpaired) electrons. The smallest absolute Gasteiger partial charge is 0.375 e. The highest BCUT2D eigenvalue weighted by Gasteiger charge is 2.14. The minimum Gasteiger partial charge on any atom is -0.496 e. The van der Waals surface area contributed by atoms with Crippen LogP contribution in [0.4, 0.5) is 0 Å². The van der Waals surface area contributed by atoms with Gasteiger partial charge in [0.1, 0.15) is 5.75 Å². The lowest BCUT2D eigenvalue weighted by Crippen LogP contribution is -2.06. The molecule has 0 bridgehead atoms. The Morgan fingerprint density at radius 1 is 1.47 bits per heavy atom. The van der Waals surface area contributed by atoms with Crippen LogP contribution >= 0.6 is 15.9 Å². The Bertz CT molecular complexity index is 598. The molecule has 7 heteroatoms. The number of aromatic nitrogens is 3. The molecule has 0 fully saturated rings. The lowest BCUT2D eigenvalue weighted by molar-refractivity contribution is 0.0512. The number of halogens is 1. The number of benzene rings is 1. The number of hydrogen-bond acceptors (Lipinski definition) is 5. The largest absolute Gasteiger partial charge is 0.496 e. The lowest BCUT2D eigenvalue weighted by atomic mass is 10.2. The summed E-state index contributed by atoms with van der Waals surface area (Å²) in [7, 11) is 1.59. The number of aromatic amines is 1. The van der Waals surface area contributed by atoms with Crippen molar-refractivity contribution in [3.8, 4) is 17.1 Å². The number of nitrogens with one attached hydrogen (secondary N) is 1. The van der Waals surface area contributed by atoms with Crippen molar-refractivity contribution in [1.82, 2.24) is 15.2 Å². The Kier molecular flexibility index (Phi) is 4.16. The van der Waals surface area contributed by atoms with Crippen LogP contribution < -0.4 is 4.74 Å². The molecule has 19 heavy (non-hydrogen) atoms. The maximum Gasteiger partial charge on any atom is 0.375 e. The molecule has 0 aliphatic carbocycles. The van der Waals surface area contributed by atoms with Gasteiger partial charge in [-0.25, -0.2) is 9.78 Å². The normalized spacial score (nSPS) is 10.3. The molecule has 1 aromatic heterocycles. The van der Waals surface area contributed by atoms with Gasteiger partial charge in [0, 0.05) is 5.56 Å². The molecule has 2 aromatic rings. The monoisotopic (exact) mass is 325 g/mol. The molecule has 0 spiro atoms. The molecule has 100 valence electrons. The Balaban J connectivity index is 2.27. The van der Waals surface area contributed by atoms with Crippen LogP contribution in [0.5, 0.6) is 5.75 Å². The van der Waals surface area contributed by atoms with E-state index in [0.717, 1.165) is 10.0 Å². The summed E-state index contributed by atoms with van der Waals surface area (Å²) in [6, 6.07) is 5.42. The van der Waals surface area contributed by atoms with Gasteiger partial charge in [-0.15, -0.1) is 0 Å². The standard InChI is InChI=1S/C12H12BrN3O3/c1-3-19-12(17)11-14-10(15-16-11)7-4-5-9(18-2)8(13)6-7/h4-6H,3H2,1-2H3,(H,14,15,16). The Morgan fingerprint density at radius 2 is 2.26 bits per heavy atom. The third-order valence-electron chi connectivity index (χ3n) is 2.36. The highest BCUT2D eigenvalue weighted by molar-refractivity contribution is 9.10. The van der Waals surface area contributed by atoms with Gasteiger partial charge in [-0.1, -0.05) is 0 Å². The SMILES string of the molecule is CCOC(=O)c1nc(-c2ccc(OC)c(Br)c2)n[nH]1. The van der Waals surface area contributed by atoms with E-state index in [1.807, 2.05) is 12.1 Å². The molecule has 1 aromatic carbocycles. The summed E-state index contributed by atoms with van der Waals surface area (Å²) in [4.78, 5) is 15.6. The fraction of sp³-hybridized carbons (Fsp3) is 0.250. The zero-order chi connectivity index (χ0) is 13.8. The predicted octanol–water partition coefficient (Wildman–Crippen LogP) is 2.42. The Morgan fingerprint density at radius 3 is 2.89 bits per heavy atom. The van der Waals surface area contributed by atoms with E-state index in [4.69, 9.17) is 9.47 Å². The molecular formula is C12H12BrN3O3. The first kappa shape index (κ1) is 13.5. The number of nitrogens with zero attached hydrogens (tertiary/aromatic N) is 2. The number of hydrogen-bond donors (Lipinski definition) is 1. The topological polar surface area (TPSA) is 77.1 Å². The first-order valence-electron chi connectivity index (χ1n) is 5.59. The summed E-state index contributed by atoms with van der Waals surface area (Å²) < 4.78 is 10.8. The second-order valence-corrected chi connectivity index (χ2v) is 4.43. The number of methoxy groups -OCH3 is 1. The van der Waals surface area contributed by atoms with Crippen LogP contribution in [0.25, 0.3) is 11.4 Å². The quantitative estimate of drug-likeness (QED) is 0.873. The van der Waals surface area contributed by atoms with E-state index in [2.05, 4.69) is 31.1 Å². The van der Waals surface area contributed by atoms with Gasteiger partial charge in [-0.2, -0.15) is 5.10 Å². The maximum atomic E-state index is 11.5. The first-order valence-corrected chi connectivity index (χ1v) is 6.38. The van der Waals surface area contributed by atoms with Crippen molar-refractivity contribution in [1.29, 1.82) is 0 Å². The van der Waals surface area contributed by atoms with Gasteiger partial charge < -0.3 is 9.47 Å².